The first-order valence-corrected chi connectivity index (χ1v) is 11.6. The number of guanidine groups is 1. The second-order valence-corrected chi connectivity index (χ2v) is 8.58. The number of carboxylic acids is 2. The van der Waals surface area contributed by atoms with E-state index in [0.717, 1.165) is 0 Å². The minimum atomic E-state index is -1.39. The number of aromatic amines is 1. The second-order valence-electron chi connectivity index (χ2n) is 8.58. The Morgan fingerprint density at radius 3 is 2.51 bits per heavy atom. The monoisotopic (exact) mass is 523 g/mol. The van der Waals surface area contributed by atoms with Crippen LogP contribution in [0.25, 0.3) is 0 Å². The van der Waals surface area contributed by atoms with E-state index < -0.39 is 60.2 Å². The lowest BCUT2D eigenvalue weighted by molar-refractivity contribution is -0.145. The number of aromatic nitrogens is 2. The molecular formula is C21H33N9O7. The number of imidazole rings is 1. The van der Waals surface area contributed by atoms with E-state index in [0.29, 0.717) is 25.0 Å². The largest absolute Gasteiger partial charge is 0.481 e. The van der Waals surface area contributed by atoms with E-state index in [-0.39, 0.29) is 31.9 Å². The number of H-pyrrole nitrogens is 1. The highest BCUT2D eigenvalue weighted by atomic mass is 16.4. The maximum Gasteiger partial charge on any atom is 0.326 e. The molecule has 3 amide bonds. The van der Waals surface area contributed by atoms with E-state index in [1.807, 2.05) is 0 Å². The van der Waals surface area contributed by atoms with Gasteiger partial charge in [0.2, 0.25) is 17.7 Å². The molecule has 1 saturated heterocycles. The van der Waals surface area contributed by atoms with Gasteiger partial charge in [-0.3, -0.25) is 24.2 Å². The molecule has 11 N–H and O–H groups in total. The number of likely N-dealkylation sites (tertiary alicyclic amines) is 1. The van der Waals surface area contributed by atoms with Gasteiger partial charge in [0.25, 0.3) is 0 Å². The minimum absolute atomic E-state index is 0.0350. The van der Waals surface area contributed by atoms with Gasteiger partial charge in [-0.1, -0.05) is 0 Å². The molecule has 0 aliphatic carbocycles. The molecule has 1 fully saturated rings. The fourth-order valence-electron chi connectivity index (χ4n) is 3.91. The Morgan fingerprint density at radius 1 is 1.19 bits per heavy atom. The van der Waals surface area contributed by atoms with Crippen molar-refractivity contribution in [2.45, 2.75) is 62.7 Å². The normalized spacial score (nSPS) is 17.3. The predicted molar refractivity (Wildman–Crippen MR) is 129 cm³/mol. The third-order valence-corrected chi connectivity index (χ3v) is 5.72. The fraction of sp³-hybridized carbons (Fsp3) is 0.571. The van der Waals surface area contributed by atoms with Crippen molar-refractivity contribution in [3.63, 3.8) is 0 Å². The van der Waals surface area contributed by atoms with Crippen molar-refractivity contribution in [1.29, 1.82) is 0 Å². The number of carbonyl (C=O) groups is 5. The number of nitrogens with zero attached hydrogens (tertiary/aromatic N) is 3. The summed E-state index contributed by atoms with van der Waals surface area (Å²) in [6.45, 7) is 0.373. The van der Waals surface area contributed by atoms with Crippen LogP contribution >= 0.6 is 0 Å². The molecule has 4 unspecified atom stereocenters. The molecule has 16 nitrogen and oxygen atoms in total. The molecule has 2 heterocycles. The number of aliphatic carboxylic acids is 2. The van der Waals surface area contributed by atoms with Crippen molar-refractivity contribution in [2.75, 3.05) is 13.1 Å². The SMILES string of the molecule is NC(N)=NCCCC(NC(=O)C(N)CC(=O)O)C(=O)N1CCCC1C(=O)NC(Cc1cnc[nH]1)C(=O)O. The Balaban J connectivity index is 2.13. The topological polar surface area (TPSA) is 272 Å². The molecule has 204 valence electrons. The maximum atomic E-state index is 13.4. The van der Waals surface area contributed by atoms with E-state index in [2.05, 4.69) is 25.6 Å². The zero-order valence-electron chi connectivity index (χ0n) is 20.1. The molecular weight excluding hydrogens is 490 g/mol. The van der Waals surface area contributed by atoms with Gasteiger partial charge in [0.15, 0.2) is 5.96 Å². The molecule has 2 rings (SSSR count). The fourth-order valence-corrected chi connectivity index (χ4v) is 3.91. The number of nitrogens with two attached hydrogens (primary N) is 3. The highest BCUT2D eigenvalue weighted by molar-refractivity contribution is 5.95. The first-order chi connectivity index (χ1) is 17.5. The molecule has 4 atom stereocenters. The van der Waals surface area contributed by atoms with Crippen molar-refractivity contribution < 1.29 is 34.2 Å². The molecule has 1 aliphatic heterocycles. The lowest BCUT2D eigenvalue weighted by Crippen LogP contribution is -2.57. The molecule has 1 aliphatic rings. The van der Waals surface area contributed by atoms with Crippen molar-refractivity contribution in [3.8, 4) is 0 Å². The maximum absolute atomic E-state index is 13.4. The number of aliphatic imine (C=N–C) groups is 1. The van der Waals surface area contributed by atoms with Gasteiger partial charge in [-0.25, -0.2) is 9.78 Å². The van der Waals surface area contributed by atoms with E-state index in [4.69, 9.17) is 22.3 Å². The van der Waals surface area contributed by atoms with E-state index >= 15 is 0 Å². The van der Waals surface area contributed by atoms with Crippen molar-refractivity contribution in [2.24, 2.45) is 22.2 Å². The molecule has 16 heteroatoms. The molecule has 1 aromatic rings. The first-order valence-electron chi connectivity index (χ1n) is 11.6. The summed E-state index contributed by atoms with van der Waals surface area (Å²) < 4.78 is 0. The molecule has 0 saturated carbocycles. The standard InChI is InChI=1S/C21H33N9O7/c22-12(8-16(31)32)17(33)28-13(3-1-5-26-21(23)24)19(35)30-6-2-4-15(30)18(34)29-14(20(36)37)7-11-9-25-10-27-11/h9-10,12-15H,1-8,22H2,(H,25,27)(H,28,33)(H,29,34)(H,31,32)(H,36,37)(H4,23,24,26). The summed E-state index contributed by atoms with van der Waals surface area (Å²) in [5, 5.41) is 23.4. The third-order valence-electron chi connectivity index (χ3n) is 5.72. The Labute approximate surface area is 212 Å². The molecule has 0 bridgehead atoms. The Kier molecular flexibility index (Phi) is 10.8. The lowest BCUT2D eigenvalue weighted by atomic mass is 10.1. The minimum Gasteiger partial charge on any atom is -0.481 e. The highest BCUT2D eigenvalue weighted by Gasteiger charge is 2.39. The van der Waals surface area contributed by atoms with E-state index in [9.17, 15) is 29.1 Å². The van der Waals surface area contributed by atoms with Crippen molar-refractivity contribution >= 4 is 35.6 Å². The molecule has 0 aromatic carbocycles. The van der Waals surface area contributed by atoms with Gasteiger partial charge in [0.1, 0.15) is 18.1 Å². The van der Waals surface area contributed by atoms with Crippen LogP contribution in [0.2, 0.25) is 0 Å². The van der Waals surface area contributed by atoms with Gasteiger partial charge >= 0.3 is 11.9 Å². The van der Waals surface area contributed by atoms with Crippen LogP contribution in [-0.4, -0.2) is 98.0 Å². The van der Waals surface area contributed by atoms with Crippen LogP contribution in [0.4, 0.5) is 0 Å². The number of nitrogens with one attached hydrogen (secondary N) is 3. The van der Waals surface area contributed by atoms with Crippen LogP contribution in [0.3, 0.4) is 0 Å². The number of carboxylic acid groups (broad SMARTS) is 2. The zero-order valence-corrected chi connectivity index (χ0v) is 20.1. The average molecular weight is 524 g/mol. The summed E-state index contributed by atoms with van der Waals surface area (Å²) in [5.41, 5.74) is 16.8. The van der Waals surface area contributed by atoms with E-state index in [1.165, 1.54) is 17.4 Å². The number of rotatable bonds is 14. The predicted octanol–water partition coefficient (Wildman–Crippen LogP) is -3.15. The smallest absolute Gasteiger partial charge is 0.326 e. The summed E-state index contributed by atoms with van der Waals surface area (Å²) >= 11 is 0. The summed E-state index contributed by atoms with van der Waals surface area (Å²) in [4.78, 5) is 73.2. The molecule has 0 spiro atoms. The summed E-state index contributed by atoms with van der Waals surface area (Å²) in [6.07, 6.45) is 3.31. The van der Waals surface area contributed by atoms with Gasteiger partial charge < -0.3 is 47.9 Å². The summed E-state index contributed by atoms with van der Waals surface area (Å²) in [6, 6.07) is -4.73. The second kappa shape index (κ2) is 13.8. The van der Waals surface area contributed by atoms with Crippen LogP contribution in [-0.2, 0) is 30.4 Å². The molecule has 0 radical (unpaired) electrons. The van der Waals surface area contributed by atoms with Crippen LogP contribution in [0.5, 0.6) is 0 Å². The van der Waals surface area contributed by atoms with Crippen LogP contribution in [0, 0.1) is 0 Å². The Hall–Kier alpha value is -4.21. The van der Waals surface area contributed by atoms with Crippen LogP contribution in [0.15, 0.2) is 17.5 Å². The number of carbonyl (C=O) groups excluding carboxylic acids is 3. The third kappa shape index (κ3) is 9.06. The van der Waals surface area contributed by atoms with Gasteiger partial charge in [-0.2, -0.15) is 0 Å². The van der Waals surface area contributed by atoms with Crippen LogP contribution in [0.1, 0.15) is 37.8 Å². The quantitative estimate of drug-likeness (QED) is 0.0685. The zero-order chi connectivity index (χ0) is 27.5. The molecule has 1 aromatic heterocycles. The van der Waals surface area contributed by atoms with Gasteiger partial charge in [0.05, 0.1) is 18.8 Å². The first kappa shape index (κ1) is 29.0. The van der Waals surface area contributed by atoms with Gasteiger partial charge in [-0.15, -0.1) is 0 Å². The van der Waals surface area contributed by atoms with Crippen molar-refractivity contribution in [1.82, 2.24) is 25.5 Å². The Morgan fingerprint density at radius 2 is 1.92 bits per heavy atom. The van der Waals surface area contributed by atoms with Crippen molar-refractivity contribution in [3.05, 3.63) is 18.2 Å². The molecule has 37 heavy (non-hydrogen) atoms. The van der Waals surface area contributed by atoms with Crippen LogP contribution < -0.4 is 27.8 Å². The Bertz CT molecular complexity index is 995. The number of hydrogen-bond donors (Lipinski definition) is 8. The summed E-state index contributed by atoms with van der Waals surface area (Å²) in [7, 11) is 0. The van der Waals surface area contributed by atoms with E-state index in [1.54, 1.807) is 0 Å². The highest BCUT2D eigenvalue weighted by Crippen LogP contribution is 2.20. The summed E-state index contributed by atoms with van der Waals surface area (Å²) in [5.74, 6) is -4.75. The lowest BCUT2D eigenvalue weighted by Gasteiger charge is -2.30. The number of hydrogen-bond acceptors (Lipinski definition) is 8. The van der Waals surface area contributed by atoms with Gasteiger partial charge in [0, 0.05) is 31.4 Å². The average Bonchev–Trinajstić information content (AvgIpc) is 3.51. The van der Waals surface area contributed by atoms with Gasteiger partial charge in [-0.05, 0) is 25.7 Å². The number of amides is 3.